The monoisotopic (exact) mass is 254 g/mol. The van der Waals surface area contributed by atoms with Crippen LogP contribution in [0.25, 0.3) is 0 Å². The lowest BCUT2D eigenvalue weighted by Crippen LogP contribution is -2.15. The number of aryl methyl sites for hydroxylation is 1. The summed E-state index contributed by atoms with van der Waals surface area (Å²) >= 11 is 0. The van der Waals surface area contributed by atoms with Gasteiger partial charge >= 0.3 is 0 Å². The molecular formula is C14H20F2N2. The first kappa shape index (κ1) is 13.4. The van der Waals surface area contributed by atoms with E-state index in [1.807, 2.05) is 13.0 Å². The van der Waals surface area contributed by atoms with Crippen LogP contribution in [0.2, 0.25) is 0 Å². The molecule has 1 aliphatic carbocycles. The van der Waals surface area contributed by atoms with E-state index in [0.717, 1.165) is 23.2 Å². The van der Waals surface area contributed by atoms with E-state index in [2.05, 4.69) is 4.98 Å². The minimum absolute atomic E-state index is 0.00641. The molecule has 1 aromatic heterocycles. The zero-order chi connectivity index (χ0) is 13.3. The Bertz CT molecular complexity index is 432. The SMILES string of the molecule is CCC(F)(F)CC1CC1c1cc(C)c(CN)cn1. The Kier molecular flexibility index (Phi) is 3.66. The van der Waals surface area contributed by atoms with Crippen molar-refractivity contribution in [2.45, 2.75) is 51.5 Å². The van der Waals surface area contributed by atoms with Crippen molar-refractivity contribution in [3.05, 3.63) is 29.1 Å². The van der Waals surface area contributed by atoms with E-state index >= 15 is 0 Å². The molecule has 1 aromatic rings. The standard InChI is InChI=1S/C14H20F2N2/c1-3-14(15,16)6-10-5-12(10)13-4-9(2)11(7-17)8-18-13/h4,8,10,12H,3,5-7,17H2,1-2H3. The van der Waals surface area contributed by atoms with E-state index in [9.17, 15) is 8.78 Å². The molecule has 0 aromatic carbocycles. The Morgan fingerprint density at radius 2 is 2.22 bits per heavy atom. The molecule has 2 atom stereocenters. The third kappa shape index (κ3) is 2.86. The zero-order valence-corrected chi connectivity index (χ0v) is 10.9. The lowest BCUT2D eigenvalue weighted by molar-refractivity contribution is -0.0171. The molecule has 0 spiro atoms. The Labute approximate surface area is 107 Å². The van der Waals surface area contributed by atoms with Gasteiger partial charge in [0.1, 0.15) is 0 Å². The molecule has 18 heavy (non-hydrogen) atoms. The minimum Gasteiger partial charge on any atom is -0.326 e. The number of rotatable bonds is 5. The predicted octanol–water partition coefficient (Wildman–Crippen LogP) is 3.39. The molecule has 100 valence electrons. The van der Waals surface area contributed by atoms with Crippen LogP contribution < -0.4 is 5.73 Å². The van der Waals surface area contributed by atoms with Crippen molar-refractivity contribution >= 4 is 0 Å². The average molecular weight is 254 g/mol. The molecular weight excluding hydrogens is 234 g/mol. The summed E-state index contributed by atoms with van der Waals surface area (Å²) in [6.07, 6.45) is 2.53. The van der Waals surface area contributed by atoms with Gasteiger partial charge in [-0.05, 0) is 36.5 Å². The van der Waals surface area contributed by atoms with Crippen LogP contribution in [0.1, 0.15) is 48.9 Å². The van der Waals surface area contributed by atoms with E-state index in [0.29, 0.717) is 6.54 Å². The number of halogens is 2. The van der Waals surface area contributed by atoms with Crippen LogP contribution in [0.4, 0.5) is 8.78 Å². The third-order valence-electron chi connectivity index (χ3n) is 3.84. The highest BCUT2D eigenvalue weighted by Crippen LogP contribution is 2.52. The number of nitrogens with two attached hydrogens (primary N) is 1. The van der Waals surface area contributed by atoms with Crippen molar-refractivity contribution in [3.8, 4) is 0 Å². The number of pyridine rings is 1. The van der Waals surface area contributed by atoms with E-state index in [-0.39, 0.29) is 24.7 Å². The second-order valence-corrected chi connectivity index (χ2v) is 5.26. The summed E-state index contributed by atoms with van der Waals surface area (Å²) in [5.41, 5.74) is 8.66. The van der Waals surface area contributed by atoms with Crippen LogP contribution in [0, 0.1) is 12.8 Å². The molecule has 1 fully saturated rings. The summed E-state index contributed by atoms with van der Waals surface area (Å²) < 4.78 is 26.6. The highest BCUT2D eigenvalue weighted by molar-refractivity contribution is 5.29. The molecule has 2 rings (SSSR count). The maximum Gasteiger partial charge on any atom is 0.248 e. The van der Waals surface area contributed by atoms with Crippen LogP contribution in [0.5, 0.6) is 0 Å². The second-order valence-electron chi connectivity index (χ2n) is 5.26. The summed E-state index contributed by atoms with van der Waals surface area (Å²) in [4.78, 5) is 4.35. The topological polar surface area (TPSA) is 38.9 Å². The molecule has 0 amide bonds. The van der Waals surface area contributed by atoms with Crippen LogP contribution in [0.15, 0.2) is 12.3 Å². The Balaban J connectivity index is 2.01. The second kappa shape index (κ2) is 4.92. The van der Waals surface area contributed by atoms with Gasteiger partial charge in [0.05, 0.1) is 0 Å². The van der Waals surface area contributed by atoms with Gasteiger partial charge in [-0.3, -0.25) is 4.98 Å². The van der Waals surface area contributed by atoms with Gasteiger partial charge < -0.3 is 5.73 Å². The predicted molar refractivity (Wildman–Crippen MR) is 67.6 cm³/mol. The largest absolute Gasteiger partial charge is 0.326 e. The first-order valence-corrected chi connectivity index (χ1v) is 6.50. The summed E-state index contributed by atoms with van der Waals surface area (Å²) in [6.45, 7) is 4.00. The molecule has 2 nitrogen and oxygen atoms in total. The van der Waals surface area contributed by atoms with Crippen molar-refractivity contribution < 1.29 is 8.78 Å². The Morgan fingerprint density at radius 3 is 2.78 bits per heavy atom. The van der Waals surface area contributed by atoms with Crippen molar-refractivity contribution in [2.75, 3.05) is 0 Å². The number of hydrogen-bond acceptors (Lipinski definition) is 2. The molecule has 1 heterocycles. The maximum absolute atomic E-state index is 13.3. The Hall–Kier alpha value is -1.03. The van der Waals surface area contributed by atoms with Crippen LogP contribution in [-0.4, -0.2) is 10.9 Å². The van der Waals surface area contributed by atoms with Crippen LogP contribution >= 0.6 is 0 Å². The number of hydrogen-bond donors (Lipinski definition) is 1. The lowest BCUT2D eigenvalue weighted by Gasteiger charge is -2.13. The fourth-order valence-corrected chi connectivity index (χ4v) is 2.39. The first-order chi connectivity index (χ1) is 8.46. The van der Waals surface area contributed by atoms with Gasteiger partial charge in [-0.1, -0.05) is 6.92 Å². The van der Waals surface area contributed by atoms with Crippen LogP contribution in [0.3, 0.4) is 0 Å². The fourth-order valence-electron chi connectivity index (χ4n) is 2.39. The van der Waals surface area contributed by atoms with Crippen LogP contribution in [-0.2, 0) is 6.54 Å². The Morgan fingerprint density at radius 1 is 1.50 bits per heavy atom. The number of aromatic nitrogens is 1. The molecule has 1 aliphatic rings. The quantitative estimate of drug-likeness (QED) is 0.874. The van der Waals surface area contributed by atoms with Crippen molar-refractivity contribution in [1.29, 1.82) is 0 Å². The normalized spacial score (nSPS) is 23.2. The zero-order valence-electron chi connectivity index (χ0n) is 10.9. The molecule has 0 radical (unpaired) electrons. The number of alkyl halides is 2. The molecule has 2 N–H and O–H groups in total. The summed E-state index contributed by atoms with van der Waals surface area (Å²) in [6, 6.07) is 2.00. The molecule has 0 aliphatic heterocycles. The number of nitrogens with zero attached hydrogens (tertiary/aromatic N) is 1. The van der Waals surface area contributed by atoms with Gasteiger partial charge in [-0.25, -0.2) is 8.78 Å². The smallest absolute Gasteiger partial charge is 0.248 e. The van der Waals surface area contributed by atoms with E-state index in [1.54, 1.807) is 6.20 Å². The van der Waals surface area contributed by atoms with Gasteiger partial charge in [-0.2, -0.15) is 0 Å². The van der Waals surface area contributed by atoms with E-state index in [4.69, 9.17) is 5.73 Å². The molecule has 1 saturated carbocycles. The molecule has 4 heteroatoms. The van der Waals surface area contributed by atoms with Gasteiger partial charge in [0, 0.05) is 37.2 Å². The van der Waals surface area contributed by atoms with E-state index < -0.39 is 5.92 Å². The molecule has 0 bridgehead atoms. The van der Waals surface area contributed by atoms with Crippen molar-refractivity contribution in [2.24, 2.45) is 11.7 Å². The summed E-state index contributed by atoms with van der Waals surface area (Å²) in [5, 5.41) is 0. The lowest BCUT2D eigenvalue weighted by atomic mass is 10.1. The fraction of sp³-hybridized carbons (Fsp3) is 0.643. The van der Waals surface area contributed by atoms with Gasteiger partial charge in [0.2, 0.25) is 5.92 Å². The van der Waals surface area contributed by atoms with Gasteiger partial charge in [0.15, 0.2) is 0 Å². The minimum atomic E-state index is -2.52. The highest BCUT2D eigenvalue weighted by Gasteiger charge is 2.45. The first-order valence-electron chi connectivity index (χ1n) is 6.50. The summed E-state index contributed by atoms with van der Waals surface area (Å²) in [5.74, 6) is -2.21. The third-order valence-corrected chi connectivity index (χ3v) is 3.84. The van der Waals surface area contributed by atoms with E-state index in [1.165, 1.54) is 6.92 Å². The van der Waals surface area contributed by atoms with Gasteiger partial charge in [-0.15, -0.1) is 0 Å². The molecule has 0 saturated heterocycles. The highest BCUT2D eigenvalue weighted by atomic mass is 19.3. The summed E-state index contributed by atoms with van der Waals surface area (Å²) in [7, 11) is 0. The maximum atomic E-state index is 13.3. The van der Waals surface area contributed by atoms with Gasteiger partial charge in [0.25, 0.3) is 0 Å². The van der Waals surface area contributed by atoms with Crippen molar-refractivity contribution in [3.63, 3.8) is 0 Å². The van der Waals surface area contributed by atoms with Crippen molar-refractivity contribution in [1.82, 2.24) is 4.98 Å². The molecule has 2 unspecified atom stereocenters. The average Bonchev–Trinajstić information content (AvgIpc) is 3.07.